The Labute approximate surface area is 160 Å². The largest absolute Gasteiger partial charge is 0.382 e. The summed E-state index contributed by atoms with van der Waals surface area (Å²) in [5.41, 5.74) is 8.74. The highest BCUT2D eigenvalue weighted by Crippen LogP contribution is 2.31. The van der Waals surface area contributed by atoms with E-state index in [9.17, 15) is 0 Å². The first kappa shape index (κ1) is 17.4. The van der Waals surface area contributed by atoms with Gasteiger partial charge in [-0.05, 0) is 26.0 Å². The van der Waals surface area contributed by atoms with Gasteiger partial charge in [0.1, 0.15) is 17.5 Å². The average molecular weight is 371 g/mol. The first-order valence-corrected chi connectivity index (χ1v) is 8.64. The molecule has 0 atom stereocenters. The number of nitrogen functional groups attached to an aromatic ring is 1. The van der Waals surface area contributed by atoms with Crippen molar-refractivity contribution in [3.8, 4) is 17.3 Å². The molecule has 4 aromatic heterocycles. The van der Waals surface area contributed by atoms with Crippen LogP contribution in [0.2, 0.25) is 0 Å². The van der Waals surface area contributed by atoms with Crippen molar-refractivity contribution in [1.82, 2.24) is 29.5 Å². The highest BCUT2D eigenvalue weighted by Gasteiger charge is 2.14. The van der Waals surface area contributed by atoms with Crippen LogP contribution in [0.25, 0.3) is 22.2 Å². The zero-order valence-electron chi connectivity index (χ0n) is 15.3. The number of nitrogens with one attached hydrogen (secondary N) is 1. The van der Waals surface area contributed by atoms with Crippen molar-refractivity contribution >= 4 is 28.6 Å². The van der Waals surface area contributed by atoms with Crippen LogP contribution in [-0.4, -0.2) is 29.5 Å². The van der Waals surface area contributed by atoms with E-state index in [1.165, 1.54) is 6.20 Å². The molecule has 0 aliphatic rings. The monoisotopic (exact) mass is 371 g/mol. The molecule has 9 nitrogen and oxygen atoms in total. The lowest BCUT2D eigenvalue weighted by molar-refractivity contribution is 0.622. The van der Waals surface area contributed by atoms with Crippen LogP contribution in [0.3, 0.4) is 0 Å². The minimum atomic E-state index is 0.101. The van der Waals surface area contributed by atoms with E-state index in [4.69, 9.17) is 11.0 Å². The summed E-state index contributed by atoms with van der Waals surface area (Å²) in [5, 5.41) is 12.9. The molecule has 9 heteroatoms. The molecule has 4 aromatic rings. The summed E-state index contributed by atoms with van der Waals surface area (Å²) in [6.45, 7) is 4.24. The van der Waals surface area contributed by atoms with E-state index in [1.54, 1.807) is 12.4 Å². The van der Waals surface area contributed by atoms with Crippen LogP contribution in [0.5, 0.6) is 0 Å². The zero-order chi connectivity index (χ0) is 19.7. The molecule has 0 fully saturated rings. The van der Waals surface area contributed by atoms with Crippen LogP contribution in [0, 0.1) is 11.3 Å². The number of pyridine rings is 1. The number of nitriles is 1. The Morgan fingerprint density at radius 1 is 1.11 bits per heavy atom. The second-order valence-corrected chi connectivity index (χ2v) is 6.43. The smallest absolute Gasteiger partial charge is 0.231 e. The molecule has 0 unspecified atom stereocenters. The molecule has 4 heterocycles. The highest BCUT2D eigenvalue weighted by molar-refractivity contribution is 5.94. The number of aromatic nitrogens is 6. The summed E-state index contributed by atoms with van der Waals surface area (Å²) in [6.07, 6.45) is 8.71. The van der Waals surface area contributed by atoms with Crippen molar-refractivity contribution in [3.63, 3.8) is 0 Å². The molecule has 28 heavy (non-hydrogen) atoms. The maximum atomic E-state index is 8.93. The third-order valence-electron chi connectivity index (χ3n) is 4.29. The molecule has 0 aliphatic heterocycles. The Kier molecular flexibility index (Phi) is 4.29. The molecule has 0 amide bonds. The fourth-order valence-corrected chi connectivity index (χ4v) is 2.94. The van der Waals surface area contributed by atoms with Gasteiger partial charge < -0.3 is 10.3 Å². The Bertz CT molecular complexity index is 1200. The molecular formula is C19H17N9. The fourth-order valence-electron chi connectivity index (χ4n) is 2.94. The number of fused-ring (bicyclic) bond motifs is 1. The van der Waals surface area contributed by atoms with Crippen LogP contribution in [0.4, 0.5) is 17.7 Å². The van der Waals surface area contributed by atoms with Crippen molar-refractivity contribution in [2.45, 2.75) is 19.9 Å². The Morgan fingerprint density at radius 2 is 1.93 bits per heavy atom. The topological polar surface area (TPSA) is 131 Å². The SMILES string of the molecule is CC(C)n1cc(-c2ccnc(Nc3ncc(C#N)c(N)n3)n2)c2ccncc21. The second-order valence-electron chi connectivity index (χ2n) is 6.43. The van der Waals surface area contributed by atoms with Crippen LogP contribution in [0.1, 0.15) is 25.5 Å². The highest BCUT2D eigenvalue weighted by atomic mass is 15.2. The van der Waals surface area contributed by atoms with Crippen molar-refractivity contribution in [2.75, 3.05) is 11.1 Å². The molecule has 0 spiro atoms. The van der Waals surface area contributed by atoms with Crippen molar-refractivity contribution in [1.29, 1.82) is 5.26 Å². The van der Waals surface area contributed by atoms with E-state index in [2.05, 4.69) is 54.8 Å². The summed E-state index contributed by atoms with van der Waals surface area (Å²) in [4.78, 5) is 21.2. The summed E-state index contributed by atoms with van der Waals surface area (Å²) in [5.74, 6) is 0.659. The number of rotatable bonds is 4. The van der Waals surface area contributed by atoms with Gasteiger partial charge in [-0.15, -0.1) is 0 Å². The minimum Gasteiger partial charge on any atom is -0.382 e. The van der Waals surface area contributed by atoms with E-state index >= 15 is 0 Å². The van der Waals surface area contributed by atoms with Crippen LogP contribution < -0.4 is 11.1 Å². The van der Waals surface area contributed by atoms with Gasteiger partial charge in [0.05, 0.1) is 23.6 Å². The first-order valence-electron chi connectivity index (χ1n) is 8.64. The number of hydrogen-bond donors (Lipinski definition) is 2. The standard InChI is InChI=1S/C19H17N9/c1-11(2)28-10-14(13-3-5-22-9-16(13)28)15-4-6-23-18(25-15)27-19-24-8-12(7-20)17(21)26-19/h3-6,8-11H,1-2H3,(H3,21,23,24,25,26,27). The Hall–Kier alpha value is -4.06. The summed E-state index contributed by atoms with van der Waals surface area (Å²) >= 11 is 0. The summed E-state index contributed by atoms with van der Waals surface area (Å²) in [6, 6.07) is 6.04. The van der Waals surface area contributed by atoms with Gasteiger partial charge >= 0.3 is 0 Å². The van der Waals surface area contributed by atoms with Crippen molar-refractivity contribution < 1.29 is 0 Å². The maximum Gasteiger partial charge on any atom is 0.231 e. The summed E-state index contributed by atoms with van der Waals surface area (Å²) < 4.78 is 2.16. The number of anilines is 3. The number of nitrogens with zero attached hydrogens (tertiary/aromatic N) is 7. The molecular weight excluding hydrogens is 354 g/mol. The molecule has 0 aromatic carbocycles. The fraction of sp³-hybridized carbons (Fsp3) is 0.158. The molecule has 0 saturated carbocycles. The van der Waals surface area contributed by atoms with Gasteiger partial charge in [-0.2, -0.15) is 10.2 Å². The van der Waals surface area contributed by atoms with Gasteiger partial charge in [0.25, 0.3) is 0 Å². The molecule has 0 bridgehead atoms. The zero-order valence-corrected chi connectivity index (χ0v) is 15.3. The second kappa shape index (κ2) is 6.92. The molecule has 138 valence electrons. The van der Waals surface area contributed by atoms with Gasteiger partial charge in [-0.3, -0.25) is 10.3 Å². The van der Waals surface area contributed by atoms with Crippen molar-refractivity contribution in [2.24, 2.45) is 0 Å². The predicted octanol–water partition coefficient (Wildman–Crippen LogP) is 3.06. The quantitative estimate of drug-likeness (QED) is 0.559. The third kappa shape index (κ3) is 3.07. The summed E-state index contributed by atoms with van der Waals surface area (Å²) in [7, 11) is 0. The average Bonchev–Trinajstić information content (AvgIpc) is 3.08. The lowest BCUT2D eigenvalue weighted by atomic mass is 10.1. The molecule has 0 radical (unpaired) electrons. The molecule has 0 aliphatic carbocycles. The third-order valence-corrected chi connectivity index (χ3v) is 4.29. The van der Waals surface area contributed by atoms with Gasteiger partial charge in [-0.25, -0.2) is 15.0 Å². The van der Waals surface area contributed by atoms with Gasteiger partial charge in [0.15, 0.2) is 0 Å². The van der Waals surface area contributed by atoms with Gasteiger partial charge in [0.2, 0.25) is 11.9 Å². The predicted molar refractivity (Wildman–Crippen MR) is 106 cm³/mol. The Balaban J connectivity index is 1.73. The first-order chi connectivity index (χ1) is 13.6. The molecule has 3 N–H and O–H groups in total. The number of hydrogen-bond acceptors (Lipinski definition) is 8. The Morgan fingerprint density at radius 3 is 2.68 bits per heavy atom. The maximum absolute atomic E-state index is 8.93. The van der Waals surface area contributed by atoms with E-state index in [-0.39, 0.29) is 23.4 Å². The normalized spacial score (nSPS) is 10.9. The van der Waals surface area contributed by atoms with Crippen molar-refractivity contribution in [3.05, 3.63) is 48.7 Å². The minimum absolute atomic E-state index is 0.101. The van der Waals surface area contributed by atoms with Crippen LogP contribution in [-0.2, 0) is 0 Å². The van der Waals surface area contributed by atoms with Gasteiger partial charge in [0, 0.05) is 35.6 Å². The van der Waals surface area contributed by atoms with E-state index in [0.29, 0.717) is 5.95 Å². The van der Waals surface area contributed by atoms with E-state index in [1.807, 2.05) is 24.4 Å². The number of nitrogens with two attached hydrogens (primary N) is 1. The lowest BCUT2D eigenvalue weighted by Crippen LogP contribution is -2.04. The van der Waals surface area contributed by atoms with Crippen LogP contribution >= 0.6 is 0 Å². The lowest BCUT2D eigenvalue weighted by Gasteiger charge is -2.08. The van der Waals surface area contributed by atoms with E-state index in [0.717, 1.165) is 22.2 Å². The van der Waals surface area contributed by atoms with Gasteiger partial charge in [-0.1, -0.05) is 0 Å². The molecule has 0 saturated heterocycles. The van der Waals surface area contributed by atoms with Crippen LogP contribution in [0.15, 0.2) is 43.1 Å². The van der Waals surface area contributed by atoms with E-state index < -0.39 is 0 Å². The molecule has 4 rings (SSSR count).